The average molecular weight is 271 g/mol. The van der Waals surface area contributed by atoms with Crippen LogP contribution in [0.2, 0.25) is 0 Å². The lowest BCUT2D eigenvalue weighted by Crippen LogP contribution is -2.44. The molecule has 5 heteroatoms. The van der Waals surface area contributed by atoms with Crippen LogP contribution in [0.5, 0.6) is 0 Å². The zero-order valence-electron chi connectivity index (χ0n) is 12.4. The van der Waals surface area contributed by atoms with Crippen molar-refractivity contribution in [2.45, 2.75) is 33.1 Å². The van der Waals surface area contributed by atoms with Gasteiger partial charge in [-0.05, 0) is 51.7 Å². The minimum Gasteiger partial charge on any atom is -0.395 e. The zero-order valence-corrected chi connectivity index (χ0v) is 12.4. The van der Waals surface area contributed by atoms with Gasteiger partial charge in [-0.15, -0.1) is 0 Å². The molecule has 0 aliphatic carbocycles. The van der Waals surface area contributed by atoms with Gasteiger partial charge in [0.05, 0.1) is 6.61 Å². The predicted molar refractivity (Wildman–Crippen MR) is 77.2 cm³/mol. The average Bonchev–Trinajstić information content (AvgIpc) is 2.44. The Bertz CT molecular complexity index is 253. The van der Waals surface area contributed by atoms with E-state index in [0.717, 1.165) is 19.6 Å². The molecule has 0 aromatic rings. The van der Waals surface area contributed by atoms with E-state index in [1.165, 1.54) is 25.8 Å². The van der Waals surface area contributed by atoms with Crippen molar-refractivity contribution in [1.82, 2.24) is 15.1 Å². The van der Waals surface area contributed by atoms with Crippen molar-refractivity contribution in [2.75, 3.05) is 45.9 Å². The van der Waals surface area contributed by atoms with E-state index < -0.39 is 0 Å². The molecule has 0 spiro atoms. The van der Waals surface area contributed by atoms with Crippen LogP contribution in [0.4, 0.5) is 4.79 Å². The van der Waals surface area contributed by atoms with E-state index in [4.69, 9.17) is 5.11 Å². The molecule has 0 radical (unpaired) electrons. The summed E-state index contributed by atoms with van der Waals surface area (Å²) in [7, 11) is 0. The third-order valence-corrected chi connectivity index (χ3v) is 3.83. The van der Waals surface area contributed by atoms with Gasteiger partial charge in [0, 0.05) is 19.6 Å². The molecule has 1 heterocycles. The van der Waals surface area contributed by atoms with Crippen LogP contribution in [0.3, 0.4) is 0 Å². The molecule has 2 amide bonds. The van der Waals surface area contributed by atoms with Crippen LogP contribution < -0.4 is 5.32 Å². The summed E-state index contributed by atoms with van der Waals surface area (Å²) in [6, 6.07) is -0.0486. The molecule has 0 atom stereocenters. The second-order valence-corrected chi connectivity index (χ2v) is 5.27. The Kier molecular flexibility index (Phi) is 7.82. The lowest BCUT2D eigenvalue weighted by Gasteiger charge is -2.32. The van der Waals surface area contributed by atoms with E-state index in [2.05, 4.69) is 17.1 Å². The molecule has 1 aliphatic rings. The molecule has 0 saturated carbocycles. The molecule has 0 aromatic carbocycles. The number of carbonyl (C=O) groups is 1. The first-order chi connectivity index (χ1) is 9.21. The number of urea groups is 1. The minimum absolute atomic E-state index is 0.0245. The Hall–Kier alpha value is -0.810. The lowest BCUT2D eigenvalue weighted by molar-refractivity contribution is 0.166. The van der Waals surface area contributed by atoms with Crippen LogP contribution in [0.15, 0.2) is 0 Å². The van der Waals surface area contributed by atoms with Gasteiger partial charge in [0.1, 0.15) is 0 Å². The topological polar surface area (TPSA) is 55.8 Å². The third-order valence-electron chi connectivity index (χ3n) is 3.83. The Morgan fingerprint density at radius 2 is 2.05 bits per heavy atom. The summed E-state index contributed by atoms with van der Waals surface area (Å²) in [5.74, 6) is 0.602. The van der Waals surface area contributed by atoms with Crippen LogP contribution in [0, 0.1) is 5.92 Å². The molecule has 2 N–H and O–H groups in total. The van der Waals surface area contributed by atoms with E-state index in [1.807, 2.05) is 6.92 Å². The maximum atomic E-state index is 11.9. The summed E-state index contributed by atoms with van der Waals surface area (Å²) in [5, 5.41) is 11.9. The number of aliphatic hydroxyl groups is 1. The fourth-order valence-corrected chi connectivity index (χ4v) is 2.60. The summed E-state index contributed by atoms with van der Waals surface area (Å²) in [4.78, 5) is 16.0. The second kappa shape index (κ2) is 9.15. The van der Waals surface area contributed by atoms with Crippen LogP contribution in [0.25, 0.3) is 0 Å². The number of likely N-dealkylation sites (N-methyl/N-ethyl adjacent to an activating group) is 1. The second-order valence-electron chi connectivity index (χ2n) is 5.27. The van der Waals surface area contributed by atoms with Crippen molar-refractivity contribution in [3.8, 4) is 0 Å². The standard InChI is InChI=1S/C14H29N3O2/c1-3-7-16-8-5-13(6-9-16)12-15-14(19)17(4-2)10-11-18/h13,18H,3-12H2,1-2H3,(H,15,19). The number of aliphatic hydroxyl groups excluding tert-OH is 1. The van der Waals surface area contributed by atoms with Crippen molar-refractivity contribution < 1.29 is 9.90 Å². The first-order valence-electron chi connectivity index (χ1n) is 7.57. The highest BCUT2D eigenvalue weighted by molar-refractivity contribution is 5.74. The molecular weight excluding hydrogens is 242 g/mol. The van der Waals surface area contributed by atoms with Crippen LogP contribution >= 0.6 is 0 Å². The van der Waals surface area contributed by atoms with Gasteiger partial charge in [0.25, 0.3) is 0 Å². The number of hydrogen-bond acceptors (Lipinski definition) is 3. The number of nitrogens with one attached hydrogen (secondary N) is 1. The normalized spacial score (nSPS) is 17.4. The molecule has 1 saturated heterocycles. The molecule has 1 rings (SSSR count). The predicted octanol–water partition coefficient (Wildman–Crippen LogP) is 1.13. The summed E-state index contributed by atoms with van der Waals surface area (Å²) < 4.78 is 0. The number of rotatable bonds is 7. The van der Waals surface area contributed by atoms with Gasteiger partial charge in [-0.2, -0.15) is 0 Å². The van der Waals surface area contributed by atoms with E-state index in [9.17, 15) is 4.79 Å². The van der Waals surface area contributed by atoms with Gasteiger partial charge in [0.2, 0.25) is 0 Å². The summed E-state index contributed by atoms with van der Waals surface area (Å²) in [6.07, 6.45) is 3.56. The Labute approximate surface area is 117 Å². The van der Waals surface area contributed by atoms with Crippen molar-refractivity contribution in [3.63, 3.8) is 0 Å². The Morgan fingerprint density at radius 1 is 1.37 bits per heavy atom. The smallest absolute Gasteiger partial charge is 0.317 e. The number of hydrogen-bond donors (Lipinski definition) is 2. The van der Waals surface area contributed by atoms with Gasteiger partial charge in [0.15, 0.2) is 0 Å². The van der Waals surface area contributed by atoms with Crippen molar-refractivity contribution in [3.05, 3.63) is 0 Å². The lowest BCUT2D eigenvalue weighted by atomic mass is 9.97. The van der Waals surface area contributed by atoms with Crippen molar-refractivity contribution in [1.29, 1.82) is 0 Å². The molecule has 1 aliphatic heterocycles. The van der Waals surface area contributed by atoms with Gasteiger partial charge in [-0.25, -0.2) is 4.79 Å². The summed E-state index contributed by atoms with van der Waals surface area (Å²) in [6.45, 7) is 9.49. The number of likely N-dealkylation sites (tertiary alicyclic amines) is 1. The molecule has 1 fully saturated rings. The fraction of sp³-hybridized carbons (Fsp3) is 0.929. The maximum Gasteiger partial charge on any atom is 0.317 e. The fourth-order valence-electron chi connectivity index (χ4n) is 2.60. The first kappa shape index (κ1) is 16.2. The van der Waals surface area contributed by atoms with Crippen molar-refractivity contribution in [2.24, 2.45) is 5.92 Å². The summed E-state index contributed by atoms with van der Waals surface area (Å²) >= 11 is 0. The van der Waals surface area contributed by atoms with Crippen LogP contribution in [-0.4, -0.2) is 66.8 Å². The van der Waals surface area contributed by atoms with E-state index in [0.29, 0.717) is 19.0 Å². The van der Waals surface area contributed by atoms with E-state index in [1.54, 1.807) is 4.90 Å². The number of piperidine rings is 1. The molecular formula is C14H29N3O2. The quantitative estimate of drug-likeness (QED) is 0.730. The minimum atomic E-state index is -0.0486. The van der Waals surface area contributed by atoms with Crippen LogP contribution in [-0.2, 0) is 0 Å². The Morgan fingerprint density at radius 3 is 2.58 bits per heavy atom. The zero-order chi connectivity index (χ0) is 14.1. The molecule has 0 bridgehead atoms. The number of amides is 2. The highest BCUT2D eigenvalue weighted by atomic mass is 16.3. The molecule has 5 nitrogen and oxygen atoms in total. The van der Waals surface area contributed by atoms with Gasteiger partial charge in [-0.3, -0.25) is 0 Å². The van der Waals surface area contributed by atoms with Crippen molar-refractivity contribution >= 4 is 6.03 Å². The third kappa shape index (κ3) is 5.78. The summed E-state index contributed by atoms with van der Waals surface area (Å²) in [5.41, 5.74) is 0. The maximum absolute atomic E-state index is 11.9. The van der Waals surface area contributed by atoms with Gasteiger partial charge >= 0.3 is 6.03 Å². The molecule has 0 unspecified atom stereocenters. The first-order valence-corrected chi connectivity index (χ1v) is 7.57. The van der Waals surface area contributed by atoms with Crippen LogP contribution in [0.1, 0.15) is 33.1 Å². The SMILES string of the molecule is CCCN1CCC(CNC(=O)N(CC)CCO)CC1. The van der Waals surface area contributed by atoms with Gasteiger partial charge in [-0.1, -0.05) is 6.92 Å². The van der Waals surface area contributed by atoms with E-state index in [-0.39, 0.29) is 12.6 Å². The van der Waals surface area contributed by atoms with E-state index >= 15 is 0 Å². The molecule has 112 valence electrons. The number of nitrogens with zero attached hydrogens (tertiary/aromatic N) is 2. The van der Waals surface area contributed by atoms with Gasteiger partial charge < -0.3 is 20.2 Å². The largest absolute Gasteiger partial charge is 0.395 e. The monoisotopic (exact) mass is 271 g/mol. The highest BCUT2D eigenvalue weighted by Crippen LogP contribution is 2.16. The molecule has 19 heavy (non-hydrogen) atoms. The number of carbonyl (C=O) groups excluding carboxylic acids is 1. The Balaban J connectivity index is 2.20. The highest BCUT2D eigenvalue weighted by Gasteiger charge is 2.19. The molecule has 0 aromatic heterocycles.